The Bertz CT molecular complexity index is 1270. The minimum absolute atomic E-state index is 0.501. The topological polar surface area (TPSA) is 34.5 Å². The predicted molar refractivity (Wildman–Crippen MR) is 103 cm³/mol. The number of fused-ring (bicyclic) bond motifs is 4. The van der Waals surface area contributed by atoms with Gasteiger partial charge in [-0.15, -0.1) is 0 Å². The highest BCUT2D eigenvalue weighted by molar-refractivity contribution is 6.21. The van der Waals surface area contributed by atoms with Gasteiger partial charge in [0.15, 0.2) is 11.4 Å². The fourth-order valence-corrected chi connectivity index (χ4v) is 3.73. The Balaban J connectivity index is 1.97. The summed E-state index contributed by atoms with van der Waals surface area (Å²) in [6, 6.07) is 11.6. The molecule has 4 nitrogen and oxygen atoms in total. The van der Waals surface area contributed by atoms with Crippen LogP contribution in [0.25, 0.3) is 54.0 Å². The molecule has 5 rings (SSSR count). The zero-order chi connectivity index (χ0) is 18.0. The summed E-state index contributed by atoms with van der Waals surface area (Å²) in [5.74, 6) is 0. The molecule has 0 aliphatic heterocycles. The van der Waals surface area contributed by atoms with Crippen molar-refractivity contribution in [3.05, 3.63) is 70.4 Å². The highest BCUT2D eigenvalue weighted by atomic mass is 14.8. The van der Waals surface area contributed by atoms with Crippen LogP contribution in [0.4, 0.5) is 11.4 Å². The van der Waals surface area contributed by atoms with E-state index in [4.69, 9.17) is 23.1 Å². The first-order valence-electron chi connectivity index (χ1n) is 8.26. The lowest BCUT2D eigenvalue weighted by atomic mass is 10.0. The summed E-state index contributed by atoms with van der Waals surface area (Å²) in [6.07, 6.45) is 0. The first-order chi connectivity index (χ1) is 12.6. The van der Waals surface area contributed by atoms with E-state index in [9.17, 15) is 0 Å². The lowest BCUT2D eigenvalue weighted by Crippen LogP contribution is -1.92. The molecule has 0 amide bonds. The Hall–Kier alpha value is -3.76. The highest BCUT2D eigenvalue weighted by Crippen LogP contribution is 2.50. The van der Waals surface area contributed by atoms with Crippen molar-refractivity contribution in [2.24, 2.45) is 0 Å². The van der Waals surface area contributed by atoms with Gasteiger partial charge in [0.2, 0.25) is 0 Å². The van der Waals surface area contributed by atoms with Crippen LogP contribution >= 0.6 is 0 Å². The predicted octanol–water partition coefficient (Wildman–Crippen LogP) is 6.15. The fourth-order valence-electron chi connectivity index (χ4n) is 3.73. The molecule has 4 heteroatoms. The molecule has 1 aliphatic rings. The van der Waals surface area contributed by atoms with Gasteiger partial charge in [-0.25, -0.2) is 19.7 Å². The van der Waals surface area contributed by atoms with Crippen LogP contribution in [-0.4, -0.2) is 9.97 Å². The maximum absolute atomic E-state index is 7.48. The van der Waals surface area contributed by atoms with E-state index in [1.54, 1.807) is 12.1 Å². The molecule has 0 saturated heterocycles. The quantitative estimate of drug-likeness (QED) is 0.319. The van der Waals surface area contributed by atoms with E-state index >= 15 is 0 Å². The summed E-state index contributed by atoms with van der Waals surface area (Å²) >= 11 is 0. The molecule has 3 aromatic carbocycles. The summed E-state index contributed by atoms with van der Waals surface area (Å²) in [4.78, 5) is 17.0. The van der Waals surface area contributed by atoms with Crippen LogP contribution in [0.3, 0.4) is 0 Å². The van der Waals surface area contributed by atoms with E-state index in [1.807, 2.05) is 12.1 Å². The normalized spacial score (nSPS) is 11.4. The number of aromatic nitrogens is 2. The molecule has 1 heterocycles. The van der Waals surface area contributed by atoms with Gasteiger partial charge in [0.25, 0.3) is 0 Å². The van der Waals surface area contributed by atoms with Gasteiger partial charge in [0.1, 0.15) is 0 Å². The minimum Gasteiger partial charge on any atom is -0.244 e. The van der Waals surface area contributed by atoms with Gasteiger partial charge < -0.3 is 0 Å². The summed E-state index contributed by atoms with van der Waals surface area (Å²) in [7, 11) is 0. The molecule has 26 heavy (non-hydrogen) atoms. The molecule has 0 spiro atoms. The molecule has 1 aromatic heterocycles. The average molecular weight is 332 g/mol. The number of rotatable bonds is 0. The molecule has 4 aromatic rings. The third-order valence-electron chi connectivity index (χ3n) is 5.15. The Labute approximate surface area is 150 Å². The number of aryl methyl sites for hydroxylation is 2. The zero-order valence-corrected chi connectivity index (χ0v) is 14.3. The molecule has 0 saturated carbocycles. The molecule has 0 fully saturated rings. The maximum Gasteiger partial charge on any atom is 0.184 e. The third kappa shape index (κ3) is 1.71. The van der Waals surface area contributed by atoms with Crippen molar-refractivity contribution in [3.63, 3.8) is 0 Å². The molecule has 120 valence electrons. The molecule has 1 aliphatic carbocycles. The van der Waals surface area contributed by atoms with Crippen LogP contribution in [0.1, 0.15) is 11.1 Å². The van der Waals surface area contributed by atoms with Crippen LogP contribution in [0.2, 0.25) is 0 Å². The molecule has 0 radical (unpaired) electrons. The maximum atomic E-state index is 7.48. The average Bonchev–Trinajstić information content (AvgIpc) is 2.96. The second kappa shape index (κ2) is 4.88. The Morgan fingerprint density at radius 3 is 1.58 bits per heavy atom. The summed E-state index contributed by atoms with van der Waals surface area (Å²) < 4.78 is 0. The molecule has 0 atom stereocenters. The van der Waals surface area contributed by atoms with Gasteiger partial charge in [-0.2, -0.15) is 0 Å². The number of nitrogens with zero attached hydrogens (tertiary/aromatic N) is 4. The van der Waals surface area contributed by atoms with Gasteiger partial charge in [-0.3, -0.25) is 0 Å². The van der Waals surface area contributed by atoms with E-state index in [1.165, 1.54) is 11.1 Å². The zero-order valence-electron chi connectivity index (χ0n) is 14.3. The van der Waals surface area contributed by atoms with Crippen molar-refractivity contribution in [2.75, 3.05) is 0 Å². The van der Waals surface area contributed by atoms with Gasteiger partial charge in [0.05, 0.1) is 35.6 Å². The van der Waals surface area contributed by atoms with E-state index < -0.39 is 0 Å². The number of hydrogen-bond donors (Lipinski definition) is 0. The molecular weight excluding hydrogens is 320 g/mol. The lowest BCUT2D eigenvalue weighted by Gasteiger charge is -2.06. The Morgan fingerprint density at radius 2 is 1.15 bits per heavy atom. The summed E-state index contributed by atoms with van der Waals surface area (Å²) in [5, 5.41) is 1.63. The Morgan fingerprint density at radius 1 is 0.692 bits per heavy atom. The molecule has 0 bridgehead atoms. The summed E-state index contributed by atoms with van der Waals surface area (Å²) in [6.45, 7) is 19.1. The fraction of sp³-hybridized carbons (Fsp3) is 0.0909. The van der Waals surface area contributed by atoms with E-state index in [2.05, 4.69) is 35.7 Å². The lowest BCUT2D eigenvalue weighted by molar-refractivity contribution is 1.28. The van der Waals surface area contributed by atoms with E-state index in [0.717, 1.165) is 38.9 Å². The van der Waals surface area contributed by atoms with Crippen LogP contribution in [0, 0.1) is 27.0 Å². The van der Waals surface area contributed by atoms with Crippen molar-refractivity contribution in [3.8, 4) is 22.5 Å². The third-order valence-corrected chi connectivity index (χ3v) is 5.15. The van der Waals surface area contributed by atoms with Gasteiger partial charge >= 0.3 is 0 Å². The van der Waals surface area contributed by atoms with Gasteiger partial charge in [-0.1, -0.05) is 24.3 Å². The number of benzene rings is 3. The monoisotopic (exact) mass is 332 g/mol. The van der Waals surface area contributed by atoms with Crippen LogP contribution in [-0.2, 0) is 0 Å². The van der Waals surface area contributed by atoms with E-state index in [-0.39, 0.29) is 0 Å². The van der Waals surface area contributed by atoms with Gasteiger partial charge in [0, 0.05) is 11.1 Å². The van der Waals surface area contributed by atoms with Crippen molar-refractivity contribution < 1.29 is 0 Å². The standard InChI is InChI=1S/C22H12N4/c1-11-9-17-18(10-12(11)2)26-22-14-6-8-16(24-4)20-15(23-3)7-5-13(19(14)20)21(22)25-17/h5-10H,1-2H3. The van der Waals surface area contributed by atoms with Crippen LogP contribution in [0.5, 0.6) is 0 Å². The minimum atomic E-state index is 0.501. The number of hydrogen-bond acceptors (Lipinski definition) is 2. The molecule has 0 N–H and O–H groups in total. The second-order valence-corrected chi connectivity index (χ2v) is 6.58. The van der Waals surface area contributed by atoms with Crippen molar-refractivity contribution in [1.82, 2.24) is 9.97 Å². The Kier molecular flexibility index (Phi) is 2.73. The smallest absolute Gasteiger partial charge is 0.184 e. The van der Waals surface area contributed by atoms with Crippen LogP contribution in [0.15, 0.2) is 36.4 Å². The van der Waals surface area contributed by atoms with Gasteiger partial charge in [-0.05, 0) is 47.9 Å². The van der Waals surface area contributed by atoms with Crippen LogP contribution < -0.4 is 0 Å². The first-order valence-corrected chi connectivity index (χ1v) is 8.26. The molecule has 0 unspecified atom stereocenters. The molecular formula is C22H12N4. The van der Waals surface area contributed by atoms with E-state index in [0.29, 0.717) is 16.8 Å². The second-order valence-electron chi connectivity index (χ2n) is 6.58. The SMILES string of the molecule is [C-]#[N+]c1ccc2c3c(ccc([N+]#[C-])c13)-c1nc3cc(C)c(C)cc3nc1-2. The van der Waals surface area contributed by atoms with Crippen molar-refractivity contribution >= 4 is 33.2 Å². The van der Waals surface area contributed by atoms with Crippen molar-refractivity contribution in [2.45, 2.75) is 13.8 Å². The van der Waals surface area contributed by atoms with Crippen molar-refractivity contribution in [1.29, 1.82) is 0 Å². The largest absolute Gasteiger partial charge is 0.244 e. The summed E-state index contributed by atoms with van der Waals surface area (Å²) in [5.41, 5.74) is 8.68. The highest BCUT2D eigenvalue weighted by Gasteiger charge is 2.27. The first kappa shape index (κ1) is 14.6.